The molecule has 1 aliphatic rings. The highest BCUT2D eigenvalue weighted by molar-refractivity contribution is 4.90. The van der Waals surface area contributed by atoms with Crippen molar-refractivity contribution in [3.8, 4) is 0 Å². The van der Waals surface area contributed by atoms with Gasteiger partial charge in [-0.1, -0.05) is 27.7 Å². The number of hydrogen-bond acceptors (Lipinski definition) is 2. The molecule has 0 aromatic carbocycles. The average molecular weight is 226 g/mol. The van der Waals surface area contributed by atoms with E-state index in [9.17, 15) is 0 Å². The SMILES string of the molecule is CCCN(CCC)C1CCC1CNC(C)C. The normalized spacial score (nSPS) is 25.1. The zero-order valence-corrected chi connectivity index (χ0v) is 11.6. The summed E-state index contributed by atoms with van der Waals surface area (Å²) in [5.41, 5.74) is 0. The van der Waals surface area contributed by atoms with Gasteiger partial charge in [-0.3, -0.25) is 0 Å². The van der Waals surface area contributed by atoms with Crippen LogP contribution in [-0.4, -0.2) is 36.6 Å². The van der Waals surface area contributed by atoms with E-state index < -0.39 is 0 Å². The van der Waals surface area contributed by atoms with Crippen LogP contribution in [0.2, 0.25) is 0 Å². The van der Waals surface area contributed by atoms with Crippen molar-refractivity contribution >= 4 is 0 Å². The van der Waals surface area contributed by atoms with Crippen LogP contribution >= 0.6 is 0 Å². The van der Waals surface area contributed by atoms with Crippen LogP contribution in [0.15, 0.2) is 0 Å². The molecule has 1 saturated carbocycles. The van der Waals surface area contributed by atoms with Gasteiger partial charge >= 0.3 is 0 Å². The first-order valence-electron chi connectivity index (χ1n) is 7.16. The number of rotatable bonds is 8. The summed E-state index contributed by atoms with van der Waals surface area (Å²) in [7, 11) is 0. The first-order valence-corrected chi connectivity index (χ1v) is 7.16. The fourth-order valence-electron chi connectivity index (χ4n) is 2.68. The lowest BCUT2D eigenvalue weighted by atomic mass is 9.78. The molecule has 1 fully saturated rings. The van der Waals surface area contributed by atoms with Crippen LogP contribution in [0.3, 0.4) is 0 Å². The van der Waals surface area contributed by atoms with E-state index in [0.29, 0.717) is 6.04 Å². The number of hydrogen-bond donors (Lipinski definition) is 1. The summed E-state index contributed by atoms with van der Waals surface area (Å²) in [4.78, 5) is 2.72. The minimum atomic E-state index is 0.632. The minimum Gasteiger partial charge on any atom is -0.314 e. The van der Waals surface area contributed by atoms with Crippen molar-refractivity contribution in [2.24, 2.45) is 5.92 Å². The Morgan fingerprint density at radius 2 is 1.75 bits per heavy atom. The highest BCUT2D eigenvalue weighted by Gasteiger charge is 2.34. The lowest BCUT2D eigenvalue weighted by Gasteiger charge is -2.45. The Balaban J connectivity index is 2.32. The van der Waals surface area contributed by atoms with Gasteiger partial charge in [-0.15, -0.1) is 0 Å². The van der Waals surface area contributed by atoms with Gasteiger partial charge in [0.2, 0.25) is 0 Å². The van der Waals surface area contributed by atoms with Crippen LogP contribution in [0.5, 0.6) is 0 Å². The third-order valence-corrected chi connectivity index (χ3v) is 3.66. The predicted molar refractivity (Wildman–Crippen MR) is 71.8 cm³/mol. The molecule has 1 N–H and O–H groups in total. The second-order valence-electron chi connectivity index (χ2n) is 5.50. The molecule has 1 aliphatic carbocycles. The van der Waals surface area contributed by atoms with E-state index in [0.717, 1.165) is 12.0 Å². The van der Waals surface area contributed by atoms with E-state index in [1.807, 2.05) is 0 Å². The molecule has 0 radical (unpaired) electrons. The summed E-state index contributed by atoms with van der Waals surface area (Å²) in [6.45, 7) is 12.9. The Hall–Kier alpha value is -0.0800. The molecule has 0 amide bonds. The van der Waals surface area contributed by atoms with Crippen molar-refractivity contribution in [3.63, 3.8) is 0 Å². The van der Waals surface area contributed by atoms with Crippen molar-refractivity contribution < 1.29 is 0 Å². The van der Waals surface area contributed by atoms with Crippen molar-refractivity contribution in [1.82, 2.24) is 10.2 Å². The fourth-order valence-corrected chi connectivity index (χ4v) is 2.68. The molecule has 1 rings (SSSR count). The quantitative estimate of drug-likeness (QED) is 0.684. The van der Waals surface area contributed by atoms with Crippen LogP contribution in [0, 0.1) is 5.92 Å². The van der Waals surface area contributed by atoms with Crippen LogP contribution in [-0.2, 0) is 0 Å². The number of nitrogens with zero attached hydrogens (tertiary/aromatic N) is 1. The van der Waals surface area contributed by atoms with E-state index in [-0.39, 0.29) is 0 Å². The maximum absolute atomic E-state index is 3.59. The largest absolute Gasteiger partial charge is 0.314 e. The highest BCUT2D eigenvalue weighted by atomic mass is 15.2. The van der Waals surface area contributed by atoms with Crippen molar-refractivity contribution in [3.05, 3.63) is 0 Å². The lowest BCUT2D eigenvalue weighted by molar-refractivity contribution is 0.0605. The predicted octanol–water partition coefficient (Wildman–Crippen LogP) is 2.89. The van der Waals surface area contributed by atoms with Crippen molar-refractivity contribution in [2.75, 3.05) is 19.6 Å². The fraction of sp³-hybridized carbons (Fsp3) is 1.00. The molecule has 16 heavy (non-hydrogen) atoms. The van der Waals surface area contributed by atoms with Crippen LogP contribution in [0.4, 0.5) is 0 Å². The molecule has 0 bridgehead atoms. The summed E-state index contributed by atoms with van der Waals surface area (Å²) in [5.74, 6) is 0.903. The Morgan fingerprint density at radius 1 is 1.12 bits per heavy atom. The van der Waals surface area contributed by atoms with E-state index in [1.54, 1.807) is 0 Å². The molecular formula is C14H30N2. The molecule has 0 heterocycles. The van der Waals surface area contributed by atoms with Gasteiger partial charge in [0.25, 0.3) is 0 Å². The van der Waals surface area contributed by atoms with Crippen molar-refractivity contribution in [2.45, 2.75) is 65.5 Å². The maximum atomic E-state index is 3.59. The molecule has 2 nitrogen and oxygen atoms in total. The summed E-state index contributed by atoms with van der Waals surface area (Å²) in [6, 6.07) is 1.50. The summed E-state index contributed by atoms with van der Waals surface area (Å²) in [5, 5.41) is 3.59. The summed E-state index contributed by atoms with van der Waals surface area (Å²) >= 11 is 0. The Labute approximate surface area is 102 Å². The monoisotopic (exact) mass is 226 g/mol. The molecule has 0 saturated heterocycles. The summed E-state index contributed by atoms with van der Waals surface area (Å²) in [6.07, 6.45) is 5.43. The minimum absolute atomic E-state index is 0.632. The number of nitrogens with one attached hydrogen (secondary N) is 1. The van der Waals surface area contributed by atoms with Gasteiger partial charge in [-0.25, -0.2) is 0 Å². The smallest absolute Gasteiger partial charge is 0.0136 e. The van der Waals surface area contributed by atoms with E-state index in [1.165, 1.54) is 45.3 Å². The molecule has 0 aliphatic heterocycles. The lowest BCUT2D eigenvalue weighted by Crippen LogP contribution is -2.51. The Kier molecular flexibility index (Phi) is 6.37. The van der Waals surface area contributed by atoms with E-state index >= 15 is 0 Å². The van der Waals surface area contributed by atoms with Crippen LogP contribution in [0.25, 0.3) is 0 Å². The van der Waals surface area contributed by atoms with Crippen LogP contribution < -0.4 is 5.32 Å². The van der Waals surface area contributed by atoms with Gasteiger partial charge < -0.3 is 10.2 Å². The third-order valence-electron chi connectivity index (χ3n) is 3.66. The molecule has 0 spiro atoms. The highest BCUT2D eigenvalue weighted by Crippen LogP contribution is 2.32. The summed E-state index contributed by atoms with van der Waals surface area (Å²) < 4.78 is 0. The zero-order chi connectivity index (χ0) is 12.0. The first kappa shape index (κ1) is 14.0. The second kappa shape index (κ2) is 7.29. The topological polar surface area (TPSA) is 15.3 Å². The van der Waals surface area contributed by atoms with Gasteiger partial charge in [0, 0.05) is 12.1 Å². The van der Waals surface area contributed by atoms with Crippen LogP contribution in [0.1, 0.15) is 53.4 Å². The van der Waals surface area contributed by atoms with Gasteiger partial charge in [0.15, 0.2) is 0 Å². The van der Waals surface area contributed by atoms with Gasteiger partial charge in [-0.05, 0) is 51.2 Å². The van der Waals surface area contributed by atoms with Gasteiger partial charge in [0.05, 0.1) is 0 Å². The molecule has 2 heteroatoms. The molecule has 2 atom stereocenters. The van der Waals surface area contributed by atoms with Gasteiger partial charge in [0.1, 0.15) is 0 Å². The molecular weight excluding hydrogens is 196 g/mol. The van der Waals surface area contributed by atoms with Gasteiger partial charge in [-0.2, -0.15) is 0 Å². The van der Waals surface area contributed by atoms with Crippen molar-refractivity contribution in [1.29, 1.82) is 0 Å². The van der Waals surface area contributed by atoms with E-state index in [2.05, 4.69) is 37.9 Å². The first-order chi connectivity index (χ1) is 7.69. The second-order valence-corrected chi connectivity index (χ2v) is 5.50. The Bertz CT molecular complexity index is 174. The molecule has 2 unspecified atom stereocenters. The standard InChI is InChI=1S/C14H30N2/c1-5-9-16(10-6-2)14-8-7-13(14)11-15-12(3)4/h12-15H,5-11H2,1-4H3. The van der Waals surface area contributed by atoms with E-state index in [4.69, 9.17) is 0 Å². The average Bonchev–Trinajstić information content (AvgIpc) is 2.16. The molecule has 0 aromatic heterocycles. The molecule has 96 valence electrons. The third kappa shape index (κ3) is 4.06. The Morgan fingerprint density at radius 3 is 2.12 bits per heavy atom. The zero-order valence-electron chi connectivity index (χ0n) is 11.6. The molecule has 0 aromatic rings. The maximum Gasteiger partial charge on any atom is 0.0136 e.